The van der Waals surface area contributed by atoms with Crippen LogP contribution in [0, 0.1) is 0 Å². The van der Waals surface area contributed by atoms with Crippen molar-refractivity contribution in [3.8, 4) is 0 Å². The molecule has 0 aromatic heterocycles. The van der Waals surface area contributed by atoms with Gasteiger partial charge in [0, 0.05) is 12.8 Å². The predicted molar refractivity (Wildman–Crippen MR) is 89.5 cm³/mol. The summed E-state index contributed by atoms with van der Waals surface area (Å²) in [6, 6.07) is 0. The first-order valence-corrected chi connectivity index (χ1v) is 7.99. The van der Waals surface area contributed by atoms with Gasteiger partial charge in [-0.15, -0.1) is 0 Å². The number of aliphatic hydroxyl groups is 3. The zero-order valence-corrected chi connectivity index (χ0v) is 13.7. The van der Waals surface area contributed by atoms with Gasteiger partial charge in [0.05, 0.1) is 18.3 Å². The van der Waals surface area contributed by atoms with Crippen molar-refractivity contribution in [2.24, 2.45) is 0 Å². The third-order valence-electron chi connectivity index (χ3n) is 3.11. The maximum absolute atomic E-state index is 10.8. The van der Waals surface area contributed by atoms with Gasteiger partial charge in [0.15, 0.2) is 0 Å². The predicted octanol–water partition coefficient (Wildman–Crippen LogP) is 2.69. The summed E-state index contributed by atoms with van der Waals surface area (Å²) in [6.45, 7) is 3.55. The highest BCUT2D eigenvalue weighted by molar-refractivity contribution is 5.75. The van der Waals surface area contributed by atoms with E-state index >= 15 is 0 Å². The van der Waals surface area contributed by atoms with Gasteiger partial charge in [0.25, 0.3) is 0 Å². The van der Waals surface area contributed by atoms with Gasteiger partial charge in [-0.05, 0) is 19.8 Å². The van der Waals surface area contributed by atoms with Crippen LogP contribution in [0.5, 0.6) is 0 Å². The van der Waals surface area contributed by atoms with Gasteiger partial charge < -0.3 is 15.3 Å². The lowest BCUT2D eigenvalue weighted by Gasteiger charge is -2.16. The van der Waals surface area contributed by atoms with Crippen molar-refractivity contribution in [3.05, 3.63) is 36.5 Å². The molecule has 4 heteroatoms. The summed E-state index contributed by atoms with van der Waals surface area (Å²) in [4.78, 5) is 10.8. The Morgan fingerprint density at radius 1 is 1.00 bits per heavy atom. The van der Waals surface area contributed by atoms with Crippen LogP contribution in [-0.2, 0) is 4.79 Å². The molecule has 3 N–H and O–H groups in total. The van der Waals surface area contributed by atoms with Crippen LogP contribution in [-0.4, -0.2) is 39.4 Å². The molecule has 0 saturated carbocycles. The normalized spacial score (nSPS) is 16.6. The van der Waals surface area contributed by atoms with E-state index in [2.05, 4.69) is 13.0 Å². The highest BCUT2D eigenvalue weighted by Gasteiger charge is 2.15. The second-order valence-electron chi connectivity index (χ2n) is 5.59. The smallest absolute Gasteiger partial charge is 0.132 e. The largest absolute Gasteiger partial charge is 0.393 e. The van der Waals surface area contributed by atoms with Gasteiger partial charge in [-0.1, -0.05) is 56.2 Å². The lowest BCUT2D eigenvalue weighted by Crippen LogP contribution is -2.23. The van der Waals surface area contributed by atoms with Crippen LogP contribution in [0.2, 0.25) is 0 Å². The van der Waals surface area contributed by atoms with E-state index in [-0.39, 0.29) is 25.0 Å². The SMILES string of the molecule is CCCC/C=C/C=C/C=C/C(O)C[C@@H](O)C[C@@H](O)CC(C)=O. The fraction of sp³-hybridized carbons (Fsp3) is 0.611. The molecule has 0 heterocycles. The van der Waals surface area contributed by atoms with Crippen molar-refractivity contribution in [2.45, 2.75) is 70.7 Å². The number of unbranched alkanes of at least 4 members (excludes halogenated alkanes) is 2. The second kappa shape index (κ2) is 13.4. The number of ketones is 1. The quantitative estimate of drug-likeness (QED) is 0.382. The highest BCUT2D eigenvalue weighted by atomic mass is 16.3. The fourth-order valence-corrected chi connectivity index (χ4v) is 2.00. The number of Topliss-reactive ketones (excluding diaryl/α,β-unsaturated/α-hetero) is 1. The maximum atomic E-state index is 10.8. The maximum Gasteiger partial charge on any atom is 0.132 e. The van der Waals surface area contributed by atoms with Crippen LogP contribution in [0.4, 0.5) is 0 Å². The Hall–Kier alpha value is -1.23. The molecular weight excluding hydrogens is 280 g/mol. The van der Waals surface area contributed by atoms with E-state index in [1.165, 1.54) is 19.8 Å². The average Bonchev–Trinajstić information content (AvgIpc) is 2.40. The summed E-state index contributed by atoms with van der Waals surface area (Å²) in [7, 11) is 0. The zero-order valence-electron chi connectivity index (χ0n) is 13.7. The van der Waals surface area contributed by atoms with Crippen molar-refractivity contribution in [1.82, 2.24) is 0 Å². The van der Waals surface area contributed by atoms with E-state index in [1.54, 1.807) is 12.2 Å². The van der Waals surface area contributed by atoms with Gasteiger partial charge in [-0.2, -0.15) is 0 Å². The molecule has 1 unspecified atom stereocenters. The number of hydrogen-bond acceptors (Lipinski definition) is 4. The fourth-order valence-electron chi connectivity index (χ4n) is 2.00. The first-order valence-electron chi connectivity index (χ1n) is 7.99. The molecular formula is C18H30O4. The minimum atomic E-state index is -0.850. The Bertz CT molecular complexity index is 371. The molecule has 0 amide bonds. The Morgan fingerprint density at radius 3 is 2.32 bits per heavy atom. The second-order valence-corrected chi connectivity index (χ2v) is 5.59. The molecule has 0 spiro atoms. The first-order chi connectivity index (χ1) is 10.5. The van der Waals surface area contributed by atoms with Gasteiger partial charge in [0.2, 0.25) is 0 Å². The molecule has 126 valence electrons. The molecule has 3 atom stereocenters. The number of carbonyl (C=O) groups excluding carboxylic acids is 1. The van der Waals surface area contributed by atoms with Crippen LogP contribution in [0.25, 0.3) is 0 Å². The van der Waals surface area contributed by atoms with E-state index in [0.717, 1.165) is 6.42 Å². The summed E-state index contributed by atoms with van der Waals surface area (Å²) < 4.78 is 0. The molecule has 0 bridgehead atoms. The Kier molecular flexibility index (Phi) is 12.7. The van der Waals surface area contributed by atoms with Crippen LogP contribution in [0.1, 0.15) is 52.4 Å². The zero-order chi connectivity index (χ0) is 16.8. The molecule has 0 aliphatic rings. The van der Waals surface area contributed by atoms with Crippen molar-refractivity contribution >= 4 is 5.78 Å². The van der Waals surface area contributed by atoms with Crippen LogP contribution >= 0.6 is 0 Å². The van der Waals surface area contributed by atoms with E-state index in [0.29, 0.717) is 0 Å². The molecule has 0 aliphatic carbocycles. The monoisotopic (exact) mass is 310 g/mol. The van der Waals surface area contributed by atoms with Crippen LogP contribution < -0.4 is 0 Å². The van der Waals surface area contributed by atoms with E-state index < -0.39 is 18.3 Å². The third kappa shape index (κ3) is 13.7. The van der Waals surface area contributed by atoms with Crippen molar-refractivity contribution < 1.29 is 20.1 Å². The Morgan fingerprint density at radius 2 is 1.68 bits per heavy atom. The number of allylic oxidation sites excluding steroid dienone is 5. The van der Waals surface area contributed by atoms with Crippen molar-refractivity contribution in [1.29, 1.82) is 0 Å². The minimum absolute atomic E-state index is 0.0378. The first kappa shape index (κ1) is 20.8. The van der Waals surface area contributed by atoms with E-state index in [1.807, 2.05) is 18.2 Å². The Labute approximate surface area is 133 Å². The highest BCUT2D eigenvalue weighted by Crippen LogP contribution is 2.09. The molecule has 4 nitrogen and oxygen atoms in total. The molecule has 0 aliphatic heterocycles. The van der Waals surface area contributed by atoms with E-state index in [4.69, 9.17) is 0 Å². The van der Waals surface area contributed by atoms with Crippen molar-refractivity contribution in [3.63, 3.8) is 0 Å². The average molecular weight is 310 g/mol. The number of aliphatic hydroxyl groups excluding tert-OH is 3. The van der Waals surface area contributed by atoms with Gasteiger partial charge in [0.1, 0.15) is 5.78 Å². The Balaban J connectivity index is 3.93. The van der Waals surface area contributed by atoms with Crippen LogP contribution in [0.15, 0.2) is 36.5 Å². The van der Waals surface area contributed by atoms with Gasteiger partial charge in [-0.25, -0.2) is 0 Å². The summed E-state index contributed by atoms with van der Waals surface area (Å²) >= 11 is 0. The third-order valence-corrected chi connectivity index (χ3v) is 3.11. The molecule has 0 radical (unpaired) electrons. The van der Waals surface area contributed by atoms with Crippen molar-refractivity contribution in [2.75, 3.05) is 0 Å². The summed E-state index contributed by atoms with van der Waals surface area (Å²) in [5.74, 6) is -0.114. The summed E-state index contributed by atoms with van der Waals surface area (Å²) in [5, 5.41) is 29.0. The molecule has 0 aromatic carbocycles. The summed E-state index contributed by atoms with van der Waals surface area (Å²) in [5.41, 5.74) is 0. The van der Waals surface area contributed by atoms with Crippen LogP contribution in [0.3, 0.4) is 0 Å². The number of rotatable bonds is 12. The van der Waals surface area contributed by atoms with Gasteiger partial charge in [-0.3, -0.25) is 4.79 Å². The number of carbonyl (C=O) groups is 1. The molecule has 0 saturated heterocycles. The molecule has 0 fully saturated rings. The lowest BCUT2D eigenvalue weighted by molar-refractivity contribution is -0.119. The topological polar surface area (TPSA) is 77.8 Å². The molecule has 22 heavy (non-hydrogen) atoms. The standard InChI is InChI=1S/C18H30O4/c1-3-4-5-6-7-8-9-10-11-16(20)13-18(22)14-17(21)12-15(2)19/h6-11,16-18,20-22H,3-5,12-14H2,1-2H3/b7-6+,9-8+,11-10+/t16?,17-,18+/m0/s1. The number of hydrogen-bond donors (Lipinski definition) is 3. The van der Waals surface area contributed by atoms with E-state index in [9.17, 15) is 20.1 Å². The molecule has 0 aromatic rings. The molecule has 0 rings (SSSR count). The summed E-state index contributed by atoms with van der Waals surface area (Å²) in [6.07, 6.45) is 12.4. The van der Waals surface area contributed by atoms with Gasteiger partial charge >= 0.3 is 0 Å². The lowest BCUT2D eigenvalue weighted by atomic mass is 10.0. The minimum Gasteiger partial charge on any atom is -0.393 e.